The summed E-state index contributed by atoms with van der Waals surface area (Å²) in [6, 6.07) is 3.70. The van der Waals surface area contributed by atoms with Gasteiger partial charge in [0.05, 0.1) is 19.3 Å². The number of aliphatic imine (C=N–C) groups is 1. The van der Waals surface area contributed by atoms with Crippen LogP contribution in [-0.4, -0.2) is 71.6 Å². The predicted octanol–water partition coefficient (Wildman–Crippen LogP) is 2.76. The van der Waals surface area contributed by atoms with Crippen molar-refractivity contribution in [3.05, 3.63) is 47.5 Å². The summed E-state index contributed by atoms with van der Waals surface area (Å²) in [5, 5.41) is 14.7. The van der Waals surface area contributed by atoms with Crippen molar-refractivity contribution in [3.63, 3.8) is 0 Å². The summed E-state index contributed by atoms with van der Waals surface area (Å²) in [4.78, 5) is 7.08. The molecule has 0 amide bonds. The van der Waals surface area contributed by atoms with Gasteiger partial charge in [0.1, 0.15) is 12.2 Å². The van der Waals surface area contributed by atoms with E-state index in [9.17, 15) is 8.78 Å². The maximum atomic E-state index is 13.7. The van der Waals surface area contributed by atoms with E-state index >= 15 is 0 Å². The van der Waals surface area contributed by atoms with Gasteiger partial charge in [-0.25, -0.2) is 8.78 Å². The molecule has 1 aromatic heterocycles. The van der Waals surface area contributed by atoms with Crippen molar-refractivity contribution in [3.8, 4) is 0 Å². The summed E-state index contributed by atoms with van der Waals surface area (Å²) in [5.41, 5.74) is 0.652. The second-order valence-electron chi connectivity index (χ2n) is 7.80. The van der Waals surface area contributed by atoms with Gasteiger partial charge in [0, 0.05) is 45.7 Å². The number of hydrogen-bond donors (Lipinski definition) is 2. The second kappa shape index (κ2) is 14.4. The maximum Gasteiger partial charge on any atom is 0.191 e. The third-order valence-electron chi connectivity index (χ3n) is 5.46. The standard InChI is InChI=1S/C22H33F2N7O.HI/c1-3-21-29-27-16-31(21)10-8-26-22(25-7-4-9-30-11-13-32-14-12-30)28-17(2)18-5-6-19(23)20(24)15-18;/h5-6,15-17H,3-4,7-14H2,1-2H3,(H2,25,26,28);1H. The first-order valence-electron chi connectivity index (χ1n) is 11.2. The van der Waals surface area contributed by atoms with Crippen molar-refractivity contribution in [2.24, 2.45) is 4.99 Å². The van der Waals surface area contributed by atoms with Crippen molar-refractivity contribution in [1.82, 2.24) is 30.3 Å². The molecule has 8 nitrogen and oxygen atoms in total. The topological polar surface area (TPSA) is 79.6 Å². The average Bonchev–Trinajstić information content (AvgIpc) is 3.26. The van der Waals surface area contributed by atoms with E-state index in [4.69, 9.17) is 9.73 Å². The molecule has 184 valence electrons. The van der Waals surface area contributed by atoms with Gasteiger partial charge in [0.2, 0.25) is 0 Å². The first kappa shape index (κ1) is 27.4. The molecule has 2 aromatic rings. The number of guanidine groups is 1. The second-order valence-corrected chi connectivity index (χ2v) is 7.80. The van der Waals surface area contributed by atoms with Gasteiger partial charge < -0.3 is 19.9 Å². The maximum absolute atomic E-state index is 13.7. The number of ether oxygens (including phenoxy) is 1. The average molecular weight is 577 g/mol. The Morgan fingerprint density at radius 1 is 1.21 bits per heavy atom. The fraction of sp³-hybridized carbons (Fsp3) is 0.591. The van der Waals surface area contributed by atoms with E-state index in [1.807, 2.05) is 18.4 Å². The summed E-state index contributed by atoms with van der Waals surface area (Å²) >= 11 is 0. The molecule has 1 unspecified atom stereocenters. The van der Waals surface area contributed by atoms with Crippen molar-refractivity contribution in [2.45, 2.75) is 39.3 Å². The summed E-state index contributed by atoms with van der Waals surface area (Å²) in [5.74, 6) is -0.140. The van der Waals surface area contributed by atoms with Crippen molar-refractivity contribution < 1.29 is 13.5 Å². The lowest BCUT2D eigenvalue weighted by Crippen LogP contribution is -2.40. The van der Waals surface area contributed by atoms with Gasteiger partial charge in [0.25, 0.3) is 0 Å². The van der Waals surface area contributed by atoms with Gasteiger partial charge in [0.15, 0.2) is 17.6 Å². The number of nitrogens with zero attached hydrogens (tertiary/aromatic N) is 5. The van der Waals surface area contributed by atoms with E-state index in [0.717, 1.165) is 57.6 Å². The number of hydrogen-bond acceptors (Lipinski definition) is 5. The third kappa shape index (κ3) is 8.78. The number of nitrogens with one attached hydrogen (secondary N) is 2. The van der Waals surface area contributed by atoms with Crippen LogP contribution in [-0.2, 0) is 17.7 Å². The van der Waals surface area contributed by atoms with Crippen LogP contribution in [0.4, 0.5) is 8.78 Å². The zero-order chi connectivity index (χ0) is 22.8. The SMILES string of the molecule is CCc1nncn1CCNC(=NCCCN1CCOCC1)NC(C)c1ccc(F)c(F)c1.I. The van der Waals surface area contributed by atoms with E-state index in [1.165, 1.54) is 6.07 Å². The summed E-state index contributed by atoms with van der Waals surface area (Å²) in [6.07, 6.45) is 3.46. The fourth-order valence-electron chi connectivity index (χ4n) is 3.57. The highest BCUT2D eigenvalue weighted by molar-refractivity contribution is 14.0. The van der Waals surface area contributed by atoms with E-state index in [-0.39, 0.29) is 30.0 Å². The first-order chi connectivity index (χ1) is 15.6. The molecule has 0 aliphatic carbocycles. The lowest BCUT2D eigenvalue weighted by atomic mass is 10.1. The lowest BCUT2D eigenvalue weighted by Gasteiger charge is -2.26. The van der Waals surface area contributed by atoms with Gasteiger partial charge in [-0.2, -0.15) is 0 Å². The number of aryl methyl sites for hydroxylation is 1. The molecule has 1 atom stereocenters. The van der Waals surface area contributed by atoms with Crippen LogP contribution in [0.15, 0.2) is 29.5 Å². The fourth-order valence-corrected chi connectivity index (χ4v) is 3.57. The van der Waals surface area contributed by atoms with Gasteiger partial charge in [-0.15, -0.1) is 34.2 Å². The largest absolute Gasteiger partial charge is 0.379 e. The van der Waals surface area contributed by atoms with Crippen LogP contribution < -0.4 is 10.6 Å². The molecule has 33 heavy (non-hydrogen) atoms. The number of aromatic nitrogens is 3. The van der Waals surface area contributed by atoms with E-state index in [2.05, 4.69) is 25.7 Å². The van der Waals surface area contributed by atoms with E-state index in [1.54, 1.807) is 12.4 Å². The molecule has 0 saturated carbocycles. The van der Waals surface area contributed by atoms with Crippen molar-refractivity contribution in [1.29, 1.82) is 0 Å². The van der Waals surface area contributed by atoms with Crippen LogP contribution >= 0.6 is 24.0 Å². The number of morpholine rings is 1. The molecule has 1 fully saturated rings. The Morgan fingerprint density at radius 3 is 2.73 bits per heavy atom. The normalized spacial score (nSPS) is 15.7. The zero-order valence-corrected chi connectivity index (χ0v) is 21.6. The molecule has 0 bridgehead atoms. The van der Waals surface area contributed by atoms with Crippen LogP contribution in [0.5, 0.6) is 0 Å². The smallest absolute Gasteiger partial charge is 0.191 e. The monoisotopic (exact) mass is 577 g/mol. The molecule has 1 aliphatic heterocycles. The van der Waals surface area contributed by atoms with Gasteiger partial charge in [-0.1, -0.05) is 13.0 Å². The molecule has 11 heteroatoms. The highest BCUT2D eigenvalue weighted by Crippen LogP contribution is 2.15. The Morgan fingerprint density at radius 2 is 2.00 bits per heavy atom. The van der Waals surface area contributed by atoms with E-state index < -0.39 is 11.6 Å². The van der Waals surface area contributed by atoms with Crippen molar-refractivity contribution >= 4 is 29.9 Å². The Labute approximate surface area is 211 Å². The van der Waals surface area contributed by atoms with Gasteiger partial charge in [-0.3, -0.25) is 9.89 Å². The minimum Gasteiger partial charge on any atom is -0.379 e. The highest BCUT2D eigenvalue weighted by Gasteiger charge is 2.12. The Balaban J connectivity index is 0.00000385. The molecule has 2 N–H and O–H groups in total. The lowest BCUT2D eigenvalue weighted by molar-refractivity contribution is 0.0377. The van der Waals surface area contributed by atoms with Gasteiger partial charge in [-0.05, 0) is 31.0 Å². The number of halogens is 3. The van der Waals surface area contributed by atoms with E-state index in [0.29, 0.717) is 31.2 Å². The molecule has 0 spiro atoms. The molecule has 3 rings (SSSR count). The van der Waals surface area contributed by atoms with Crippen LogP contribution in [0.3, 0.4) is 0 Å². The number of rotatable bonds is 10. The summed E-state index contributed by atoms with van der Waals surface area (Å²) in [7, 11) is 0. The Kier molecular flexibility index (Phi) is 12.0. The quantitative estimate of drug-likeness (QED) is 0.196. The van der Waals surface area contributed by atoms with Crippen molar-refractivity contribution in [2.75, 3.05) is 45.9 Å². The summed E-state index contributed by atoms with van der Waals surface area (Å²) in [6.45, 7) is 10.4. The molecular weight excluding hydrogens is 543 g/mol. The van der Waals surface area contributed by atoms with Crippen LogP contribution in [0, 0.1) is 11.6 Å². The minimum absolute atomic E-state index is 0. The van der Waals surface area contributed by atoms with Crippen LogP contribution in [0.2, 0.25) is 0 Å². The predicted molar refractivity (Wildman–Crippen MR) is 135 cm³/mol. The number of benzene rings is 1. The molecule has 1 aliphatic rings. The molecule has 0 radical (unpaired) electrons. The van der Waals surface area contributed by atoms with Crippen LogP contribution in [0.25, 0.3) is 0 Å². The Hall–Kier alpha value is -1.86. The highest BCUT2D eigenvalue weighted by atomic mass is 127. The first-order valence-corrected chi connectivity index (χ1v) is 11.2. The van der Waals surface area contributed by atoms with Crippen LogP contribution in [0.1, 0.15) is 37.7 Å². The molecular formula is C22H34F2IN7O. The minimum atomic E-state index is -0.854. The third-order valence-corrected chi connectivity index (χ3v) is 5.46. The summed E-state index contributed by atoms with van der Waals surface area (Å²) < 4.78 is 34.3. The molecule has 1 saturated heterocycles. The molecule has 2 heterocycles. The molecule has 1 aromatic carbocycles. The zero-order valence-electron chi connectivity index (χ0n) is 19.3. The Bertz CT molecular complexity index is 874. The van der Waals surface area contributed by atoms with Gasteiger partial charge >= 0.3 is 0 Å².